The quantitative estimate of drug-likeness (QED) is 0.849. The van der Waals surface area contributed by atoms with Gasteiger partial charge in [-0.15, -0.1) is 0 Å². The van der Waals surface area contributed by atoms with Crippen LogP contribution in [0.4, 0.5) is 0 Å². The summed E-state index contributed by atoms with van der Waals surface area (Å²) < 4.78 is 0. The standard InChI is InChI=1S/C18H17ClN2O2/c1-12-9-14(7-8-15(12)19)17-11-21(23)18(22)16(20-17)10-13-5-3-2-4-6-13/h2-9,11,16,20,23H,10H2,1H3. The number of rotatable bonds is 3. The van der Waals surface area contributed by atoms with Gasteiger partial charge in [-0.2, -0.15) is 5.06 Å². The van der Waals surface area contributed by atoms with Gasteiger partial charge in [-0.3, -0.25) is 10.0 Å². The van der Waals surface area contributed by atoms with E-state index in [1.165, 1.54) is 6.20 Å². The van der Waals surface area contributed by atoms with Crippen molar-refractivity contribution in [3.8, 4) is 0 Å². The molecule has 2 N–H and O–H groups in total. The highest BCUT2D eigenvalue weighted by molar-refractivity contribution is 6.31. The molecule has 1 aliphatic rings. The van der Waals surface area contributed by atoms with Crippen molar-refractivity contribution in [1.82, 2.24) is 10.4 Å². The van der Waals surface area contributed by atoms with Gasteiger partial charge in [-0.25, -0.2) is 0 Å². The summed E-state index contributed by atoms with van der Waals surface area (Å²) in [6, 6.07) is 14.8. The van der Waals surface area contributed by atoms with Gasteiger partial charge in [0.1, 0.15) is 6.04 Å². The molecule has 23 heavy (non-hydrogen) atoms. The van der Waals surface area contributed by atoms with Crippen LogP contribution in [0.2, 0.25) is 5.02 Å². The van der Waals surface area contributed by atoms with Gasteiger partial charge in [0.25, 0.3) is 5.91 Å². The third-order valence-electron chi connectivity index (χ3n) is 3.86. The first-order valence-electron chi connectivity index (χ1n) is 7.35. The molecule has 0 aliphatic carbocycles. The monoisotopic (exact) mass is 328 g/mol. The van der Waals surface area contributed by atoms with Crippen LogP contribution in [-0.4, -0.2) is 22.2 Å². The minimum atomic E-state index is -0.515. The molecule has 0 fully saturated rings. The van der Waals surface area contributed by atoms with E-state index in [2.05, 4.69) is 5.32 Å². The van der Waals surface area contributed by atoms with E-state index in [4.69, 9.17) is 11.6 Å². The molecule has 0 radical (unpaired) electrons. The summed E-state index contributed by atoms with van der Waals surface area (Å²) in [6.45, 7) is 1.92. The molecule has 1 atom stereocenters. The lowest BCUT2D eigenvalue weighted by Gasteiger charge is -2.29. The highest BCUT2D eigenvalue weighted by Gasteiger charge is 2.28. The smallest absolute Gasteiger partial charge is 0.272 e. The number of aryl methyl sites for hydroxylation is 1. The first kappa shape index (κ1) is 15.6. The average molecular weight is 329 g/mol. The molecule has 5 heteroatoms. The highest BCUT2D eigenvalue weighted by atomic mass is 35.5. The van der Waals surface area contributed by atoms with Gasteiger partial charge < -0.3 is 5.32 Å². The molecule has 0 saturated carbocycles. The number of carbonyl (C=O) groups is 1. The second-order valence-electron chi connectivity index (χ2n) is 5.58. The summed E-state index contributed by atoms with van der Waals surface area (Å²) in [5.74, 6) is -0.372. The number of nitrogens with one attached hydrogen (secondary N) is 1. The van der Waals surface area contributed by atoms with E-state index in [-0.39, 0.29) is 5.91 Å². The molecule has 0 spiro atoms. The molecule has 0 aromatic heterocycles. The van der Waals surface area contributed by atoms with E-state index >= 15 is 0 Å². The maximum atomic E-state index is 12.2. The normalized spacial score (nSPS) is 17.7. The van der Waals surface area contributed by atoms with Crippen molar-refractivity contribution < 1.29 is 10.0 Å². The Morgan fingerprint density at radius 1 is 1.22 bits per heavy atom. The van der Waals surface area contributed by atoms with E-state index in [0.717, 1.165) is 16.7 Å². The van der Waals surface area contributed by atoms with Gasteiger partial charge in [-0.1, -0.05) is 48.0 Å². The Labute approximate surface area is 140 Å². The van der Waals surface area contributed by atoms with Crippen LogP contribution >= 0.6 is 11.6 Å². The van der Waals surface area contributed by atoms with E-state index in [1.54, 1.807) is 6.07 Å². The first-order valence-corrected chi connectivity index (χ1v) is 7.73. The molecule has 2 aromatic rings. The highest BCUT2D eigenvalue weighted by Crippen LogP contribution is 2.23. The fourth-order valence-electron chi connectivity index (χ4n) is 2.59. The summed E-state index contributed by atoms with van der Waals surface area (Å²) >= 11 is 6.05. The van der Waals surface area contributed by atoms with Crippen molar-refractivity contribution in [2.24, 2.45) is 0 Å². The van der Waals surface area contributed by atoms with Gasteiger partial charge in [0.2, 0.25) is 0 Å². The van der Waals surface area contributed by atoms with E-state index in [0.29, 0.717) is 22.2 Å². The van der Waals surface area contributed by atoms with Gasteiger partial charge in [0, 0.05) is 11.4 Å². The molecular formula is C18H17ClN2O2. The minimum absolute atomic E-state index is 0.372. The Hall–Kier alpha value is -2.30. The van der Waals surface area contributed by atoms with Gasteiger partial charge in [0.05, 0.1) is 11.9 Å². The summed E-state index contributed by atoms with van der Waals surface area (Å²) in [5, 5.41) is 14.5. The number of hydroxylamine groups is 2. The van der Waals surface area contributed by atoms with Gasteiger partial charge in [0.15, 0.2) is 0 Å². The van der Waals surface area contributed by atoms with Crippen LogP contribution in [0, 0.1) is 6.92 Å². The maximum Gasteiger partial charge on any atom is 0.272 e. The van der Waals surface area contributed by atoms with Crippen molar-refractivity contribution in [1.29, 1.82) is 0 Å². The lowest BCUT2D eigenvalue weighted by molar-refractivity contribution is -0.157. The first-order chi connectivity index (χ1) is 11.0. The molecule has 1 aliphatic heterocycles. The molecule has 1 heterocycles. The third-order valence-corrected chi connectivity index (χ3v) is 4.28. The SMILES string of the molecule is Cc1cc(C2=CN(O)C(=O)C(Cc3ccccc3)N2)ccc1Cl. The predicted octanol–water partition coefficient (Wildman–Crippen LogP) is 3.38. The molecule has 0 bridgehead atoms. The number of hydrogen-bond acceptors (Lipinski definition) is 3. The van der Waals surface area contributed by atoms with Crippen LogP contribution in [0.1, 0.15) is 16.7 Å². The van der Waals surface area contributed by atoms with E-state index < -0.39 is 6.04 Å². The van der Waals surface area contributed by atoms with Crippen LogP contribution in [0.25, 0.3) is 5.70 Å². The molecule has 118 valence electrons. The molecular weight excluding hydrogens is 312 g/mol. The van der Waals surface area contributed by atoms with Crippen LogP contribution in [0.3, 0.4) is 0 Å². The lowest BCUT2D eigenvalue weighted by atomic mass is 10.0. The summed E-state index contributed by atoms with van der Waals surface area (Å²) in [4.78, 5) is 12.2. The van der Waals surface area contributed by atoms with Crippen LogP contribution < -0.4 is 5.32 Å². The van der Waals surface area contributed by atoms with Crippen LogP contribution in [-0.2, 0) is 11.2 Å². The third kappa shape index (κ3) is 3.38. The van der Waals surface area contributed by atoms with Crippen molar-refractivity contribution in [3.05, 3.63) is 76.4 Å². The number of amides is 1. The fourth-order valence-corrected chi connectivity index (χ4v) is 2.71. The Morgan fingerprint density at radius 2 is 1.96 bits per heavy atom. The molecule has 1 unspecified atom stereocenters. The fraction of sp³-hybridized carbons (Fsp3) is 0.167. The largest absolute Gasteiger partial charge is 0.372 e. The van der Waals surface area contributed by atoms with Crippen molar-refractivity contribution in [3.63, 3.8) is 0 Å². The van der Waals surface area contributed by atoms with Gasteiger partial charge in [-0.05, 0) is 35.7 Å². The number of carbonyl (C=O) groups excluding carboxylic acids is 1. The van der Waals surface area contributed by atoms with Gasteiger partial charge >= 0.3 is 0 Å². The Balaban J connectivity index is 1.86. The maximum absolute atomic E-state index is 12.2. The number of benzene rings is 2. The van der Waals surface area contributed by atoms with Crippen molar-refractivity contribution in [2.75, 3.05) is 0 Å². The predicted molar refractivity (Wildman–Crippen MR) is 89.9 cm³/mol. The zero-order valence-corrected chi connectivity index (χ0v) is 13.4. The zero-order chi connectivity index (χ0) is 16.4. The summed E-state index contributed by atoms with van der Waals surface area (Å²) in [5.41, 5.74) is 3.53. The molecule has 0 saturated heterocycles. The van der Waals surface area contributed by atoms with Crippen LogP contribution in [0.5, 0.6) is 0 Å². The number of hydrogen-bond donors (Lipinski definition) is 2. The average Bonchev–Trinajstić information content (AvgIpc) is 2.55. The van der Waals surface area contributed by atoms with E-state index in [9.17, 15) is 10.0 Å². The van der Waals surface area contributed by atoms with E-state index in [1.807, 2.05) is 49.4 Å². The molecule has 2 aromatic carbocycles. The van der Waals surface area contributed by atoms with Crippen molar-refractivity contribution >= 4 is 23.2 Å². The number of nitrogens with zero attached hydrogens (tertiary/aromatic N) is 1. The molecule has 4 nitrogen and oxygen atoms in total. The number of halogens is 1. The molecule has 1 amide bonds. The summed E-state index contributed by atoms with van der Waals surface area (Å²) in [7, 11) is 0. The summed E-state index contributed by atoms with van der Waals surface area (Å²) in [6.07, 6.45) is 1.90. The van der Waals surface area contributed by atoms with Crippen molar-refractivity contribution in [2.45, 2.75) is 19.4 Å². The zero-order valence-electron chi connectivity index (χ0n) is 12.7. The van der Waals surface area contributed by atoms with Crippen LogP contribution in [0.15, 0.2) is 54.7 Å². The Bertz CT molecular complexity index is 759. The minimum Gasteiger partial charge on any atom is -0.372 e. The lowest BCUT2D eigenvalue weighted by Crippen LogP contribution is -2.48. The molecule has 3 rings (SSSR count). The second-order valence-corrected chi connectivity index (χ2v) is 5.98. The second kappa shape index (κ2) is 6.44. The Kier molecular flexibility index (Phi) is 4.37. The topological polar surface area (TPSA) is 52.6 Å². The Morgan fingerprint density at radius 3 is 2.65 bits per heavy atom.